The van der Waals surface area contributed by atoms with Gasteiger partial charge in [0.1, 0.15) is 11.5 Å². The molecule has 0 atom stereocenters. The molecule has 132 valence electrons. The van der Waals surface area contributed by atoms with Gasteiger partial charge < -0.3 is 9.80 Å². The molecule has 1 aliphatic heterocycles. The number of para-hydroxylation sites is 1. The van der Waals surface area contributed by atoms with Crippen LogP contribution in [0.25, 0.3) is 16.9 Å². The first kappa shape index (κ1) is 16.2. The number of amides is 1. The van der Waals surface area contributed by atoms with Crippen molar-refractivity contribution in [1.29, 1.82) is 0 Å². The molecule has 1 amide bonds. The SMILES string of the molecule is CN1CCN(c2nccc(-c3cnn(-c4ccccc4F)c3)n2)CC1=O. The number of hydrogen-bond acceptors (Lipinski definition) is 5. The van der Waals surface area contributed by atoms with E-state index in [0.29, 0.717) is 30.4 Å². The molecule has 0 spiro atoms. The zero-order valence-corrected chi connectivity index (χ0v) is 14.2. The van der Waals surface area contributed by atoms with Gasteiger partial charge in [0.15, 0.2) is 0 Å². The van der Waals surface area contributed by atoms with Crippen LogP contribution >= 0.6 is 0 Å². The summed E-state index contributed by atoms with van der Waals surface area (Å²) < 4.78 is 15.4. The van der Waals surface area contributed by atoms with Crippen LogP contribution in [-0.4, -0.2) is 57.2 Å². The molecule has 1 fully saturated rings. The van der Waals surface area contributed by atoms with Crippen LogP contribution in [0.5, 0.6) is 0 Å². The zero-order valence-electron chi connectivity index (χ0n) is 14.2. The minimum atomic E-state index is -0.346. The predicted molar refractivity (Wildman–Crippen MR) is 94.4 cm³/mol. The first-order valence-corrected chi connectivity index (χ1v) is 8.24. The lowest BCUT2D eigenvalue weighted by Gasteiger charge is -2.31. The van der Waals surface area contributed by atoms with E-state index in [1.807, 2.05) is 4.90 Å². The second kappa shape index (κ2) is 6.55. The Morgan fingerprint density at radius 3 is 2.81 bits per heavy atom. The lowest BCUT2D eigenvalue weighted by Crippen LogP contribution is -2.49. The van der Waals surface area contributed by atoms with E-state index in [2.05, 4.69) is 15.1 Å². The van der Waals surface area contributed by atoms with Crippen molar-refractivity contribution in [3.63, 3.8) is 0 Å². The number of carbonyl (C=O) groups is 1. The van der Waals surface area contributed by atoms with Gasteiger partial charge in [-0.1, -0.05) is 12.1 Å². The molecule has 0 radical (unpaired) electrons. The molecule has 7 nitrogen and oxygen atoms in total. The Balaban J connectivity index is 1.62. The number of aromatic nitrogens is 4. The minimum Gasteiger partial charge on any atom is -0.342 e. The number of anilines is 1. The highest BCUT2D eigenvalue weighted by molar-refractivity contribution is 5.82. The van der Waals surface area contributed by atoms with Crippen LogP contribution in [0, 0.1) is 5.82 Å². The Bertz CT molecular complexity index is 956. The van der Waals surface area contributed by atoms with Gasteiger partial charge >= 0.3 is 0 Å². The molecule has 0 N–H and O–H groups in total. The first-order chi connectivity index (χ1) is 12.6. The highest BCUT2D eigenvalue weighted by atomic mass is 19.1. The van der Waals surface area contributed by atoms with Gasteiger partial charge in [-0.05, 0) is 18.2 Å². The lowest BCUT2D eigenvalue weighted by molar-refractivity contribution is -0.129. The van der Waals surface area contributed by atoms with Gasteiger partial charge in [-0.3, -0.25) is 4.79 Å². The average molecular weight is 352 g/mol. The van der Waals surface area contributed by atoms with Crippen LogP contribution in [0.1, 0.15) is 0 Å². The van der Waals surface area contributed by atoms with E-state index in [1.165, 1.54) is 10.7 Å². The van der Waals surface area contributed by atoms with Crippen LogP contribution in [-0.2, 0) is 4.79 Å². The van der Waals surface area contributed by atoms with Crippen LogP contribution in [0.3, 0.4) is 0 Å². The minimum absolute atomic E-state index is 0.0395. The summed E-state index contributed by atoms with van der Waals surface area (Å²) >= 11 is 0. The second-order valence-electron chi connectivity index (χ2n) is 6.10. The third-order valence-corrected chi connectivity index (χ3v) is 4.36. The van der Waals surface area contributed by atoms with Gasteiger partial charge in [-0.2, -0.15) is 5.10 Å². The molecule has 3 heterocycles. The quantitative estimate of drug-likeness (QED) is 0.718. The maximum Gasteiger partial charge on any atom is 0.242 e. The molecule has 2 aromatic heterocycles. The summed E-state index contributed by atoms with van der Waals surface area (Å²) in [6.45, 7) is 1.58. The van der Waals surface area contributed by atoms with Crippen LogP contribution in [0.4, 0.5) is 10.3 Å². The summed E-state index contributed by atoms with van der Waals surface area (Å²) in [5.41, 5.74) is 1.79. The summed E-state index contributed by atoms with van der Waals surface area (Å²) in [6.07, 6.45) is 5.01. The lowest BCUT2D eigenvalue weighted by atomic mass is 10.2. The van der Waals surface area contributed by atoms with E-state index >= 15 is 0 Å². The fourth-order valence-electron chi connectivity index (χ4n) is 2.82. The van der Waals surface area contributed by atoms with Crippen LogP contribution in [0.15, 0.2) is 48.9 Å². The van der Waals surface area contributed by atoms with E-state index in [0.717, 1.165) is 5.56 Å². The molecule has 8 heteroatoms. The van der Waals surface area contributed by atoms with E-state index in [-0.39, 0.29) is 18.3 Å². The van der Waals surface area contributed by atoms with Gasteiger partial charge in [0.05, 0.1) is 18.4 Å². The number of carbonyl (C=O) groups excluding carboxylic acids is 1. The summed E-state index contributed by atoms with van der Waals surface area (Å²) in [7, 11) is 1.79. The molecule has 0 aliphatic carbocycles. The van der Waals surface area contributed by atoms with E-state index in [1.54, 1.807) is 54.8 Å². The topological polar surface area (TPSA) is 67.2 Å². The monoisotopic (exact) mass is 352 g/mol. The van der Waals surface area contributed by atoms with Gasteiger partial charge in [0.25, 0.3) is 0 Å². The van der Waals surface area contributed by atoms with Crippen molar-refractivity contribution in [2.75, 3.05) is 31.6 Å². The highest BCUT2D eigenvalue weighted by Crippen LogP contribution is 2.21. The maximum atomic E-state index is 13.9. The molecule has 1 aromatic carbocycles. The predicted octanol–water partition coefficient (Wildman–Crippen LogP) is 1.75. The largest absolute Gasteiger partial charge is 0.342 e. The van der Waals surface area contributed by atoms with Gasteiger partial charge in [0, 0.05) is 38.1 Å². The van der Waals surface area contributed by atoms with Crippen molar-refractivity contribution < 1.29 is 9.18 Å². The zero-order chi connectivity index (χ0) is 18.1. The average Bonchev–Trinajstić information content (AvgIpc) is 3.14. The summed E-state index contributed by atoms with van der Waals surface area (Å²) in [6, 6.07) is 8.21. The molecule has 4 rings (SSSR count). The molecule has 1 saturated heterocycles. The Hall–Kier alpha value is -3.29. The summed E-state index contributed by atoms with van der Waals surface area (Å²) in [5, 5.41) is 4.23. The highest BCUT2D eigenvalue weighted by Gasteiger charge is 2.23. The van der Waals surface area contributed by atoms with Gasteiger partial charge in [-0.15, -0.1) is 0 Å². The van der Waals surface area contributed by atoms with E-state index in [9.17, 15) is 9.18 Å². The maximum absolute atomic E-state index is 13.9. The molecule has 1 aliphatic rings. The molecule has 0 unspecified atom stereocenters. The normalized spacial score (nSPS) is 14.8. The second-order valence-corrected chi connectivity index (χ2v) is 6.10. The van der Waals surface area contributed by atoms with Crippen molar-refractivity contribution >= 4 is 11.9 Å². The van der Waals surface area contributed by atoms with E-state index in [4.69, 9.17) is 0 Å². The van der Waals surface area contributed by atoms with Crippen molar-refractivity contribution in [1.82, 2.24) is 24.6 Å². The third kappa shape index (κ3) is 3.01. The standard InChI is InChI=1S/C18H17FN6O/c1-23-8-9-24(12-17(23)26)18-20-7-6-15(22-18)13-10-21-25(11-13)16-5-3-2-4-14(16)19/h2-7,10-11H,8-9,12H2,1H3. The third-order valence-electron chi connectivity index (χ3n) is 4.36. The number of halogens is 1. The summed E-state index contributed by atoms with van der Waals surface area (Å²) in [4.78, 5) is 24.3. The number of rotatable bonds is 3. The Morgan fingerprint density at radius 1 is 1.15 bits per heavy atom. The molecular weight excluding hydrogens is 335 g/mol. The number of hydrogen-bond donors (Lipinski definition) is 0. The number of likely N-dealkylation sites (N-methyl/N-ethyl adjacent to an activating group) is 1. The van der Waals surface area contributed by atoms with Crippen LogP contribution < -0.4 is 4.90 Å². The Kier molecular flexibility index (Phi) is 4.08. The van der Waals surface area contributed by atoms with E-state index < -0.39 is 0 Å². The molecular formula is C18H17FN6O. The van der Waals surface area contributed by atoms with Crippen molar-refractivity contribution in [2.24, 2.45) is 0 Å². The fraction of sp³-hybridized carbons (Fsp3) is 0.222. The Morgan fingerprint density at radius 2 is 2.00 bits per heavy atom. The first-order valence-electron chi connectivity index (χ1n) is 8.24. The van der Waals surface area contributed by atoms with Crippen molar-refractivity contribution in [2.45, 2.75) is 0 Å². The number of benzene rings is 1. The molecule has 0 saturated carbocycles. The smallest absolute Gasteiger partial charge is 0.242 e. The molecule has 3 aromatic rings. The van der Waals surface area contributed by atoms with Crippen molar-refractivity contribution in [3.05, 3.63) is 54.7 Å². The molecule has 26 heavy (non-hydrogen) atoms. The number of piperazine rings is 1. The van der Waals surface area contributed by atoms with Gasteiger partial charge in [0.2, 0.25) is 11.9 Å². The van der Waals surface area contributed by atoms with Crippen LogP contribution in [0.2, 0.25) is 0 Å². The van der Waals surface area contributed by atoms with Crippen molar-refractivity contribution in [3.8, 4) is 16.9 Å². The fourth-order valence-corrected chi connectivity index (χ4v) is 2.82. The number of nitrogens with zero attached hydrogens (tertiary/aromatic N) is 6. The summed E-state index contributed by atoms with van der Waals surface area (Å²) in [5.74, 6) is 0.196. The molecule has 0 bridgehead atoms. The van der Waals surface area contributed by atoms with Gasteiger partial charge in [-0.25, -0.2) is 19.0 Å². The Labute approximate surface area is 149 Å².